The molecular formula is C16H12ClN5O3. The van der Waals surface area contributed by atoms with Crippen LogP contribution >= 0.6 is 11.6 Å². The number of amides is 1. The van der Waals surface area contributed by atoms with Gasteiger partial charge in [0.15, 0.2) is 0 Å². The predicted octanol–water partition coefficient (Wildman–Crippen LogP) is 2.75. The summed E-state index contributed by atoms with van der Waals surface area (Å²) in [6, 6.07) is 11.4. The molecule has 3 rings (SSSR count). The number of non-ortho nitro benzene ring substituents is 1. The third-order valence-corrected chi connectivity index (χ3v) is 3.77. The Bertz CT molecular complexity index is 983. The van der Waals surface area contributed by atoms with Crippen molar-refractivity contribution in [3.8, 4) is 0 Å². The molecule has 0 radical (unpaired) electrons. The smallest absolute Gasteiger partial charge is 0.270 e. The third-order valence-electron chi connectivity index (χ3n) is 3.42. The van der Waals surface area contributed by atoms with Crippen molar-refractivity contribution >= 4 is 40.4 Å². The van der Waals surface area contributed by atoms with Crippen molar-refractivity contribution in [2.24, 2.45) is 5.10 Å². The summed E-state index contributed by atoms with van der Waals surface area (Å²) in [5.74, 6) is -0.360. The summed E-state index contributed by atoms with van der Waals surface area (Å²) in [6.45, 7) is 0.0422. The number of nitro benzene ring substituents is 1. The van der Waals surface area contributed by atoms with Crippen LogP contribution in [0.3, 0.4) is 0 Å². The van der Waals surface area contributed by atoms with Gasteiger partial charge in [-0.3, -0.25) is 14.9 Å². The van der Waals surface area contributed by atoms with Crippen LogP contribution < -0.4 is 5.43 Å². The van der Waals surface area contributed by atoms with Crippen molar-refractivity contribution in [1.82, 2.24) is 15.0 Å². The molecule has 3 aromatic rings. The Morgan fingerprint density at radius 3 is 2.96 bits per heavy atom. The first kappa shape index (κ1) is 16.6. The number of hydrogen-bond acceptors (Lipinski definition) is 5. The quantitative estimate of drug-likeness (QED) is 0.431. The lowest BCUT2D eigenvalue weighted by molar-refractivity contribution is -0.384. The number of fused-ring (bicyclic) bond motifs is 1. The van der Waals surface area contributed by atoms with Crippen LogP contribution in [-0.2, 0) is 11.3 Å². The lowest BCUT2D eigenvalue weighted by Gasteiger charge is -2.03. The number of nitrogens with one attached hydrogen (secondary N) is 1. The summed E-state index contributed by atoms with van der Waals surface area (Å²) in [6.07, 6.45) is 2.84. The summed E-state index contributed by atoms with van der Waals surface area (Å²) in [5.41, 5.74) is 4.22. The molecule has 1 heterocycles. The van der Waals surface area contributed by atoms with Crippen LogP contribution in [-0.4, -0.2) is 26.6 Å². The molecule has 0 atom stereocenters. The van der Waals surface area contributed by atoms with E-state index in [4.69, 9.17) is 11.6 Å². The van der Waals surface area contributed by atoms with Gasteiger partial charge in [-0.25, -0.2) is 10.4 Å². The van der Waals surface area contributed by atoms with Crippen LogP contribution in [0.4, 0.5) is 5.69 Å². The molecular weight excluding hydrogens is 346 g/mol. The molecule has 0 aliphatic carbocycles. The molecule has 1 amide bonds. The van der Waals surface area contributed by atoms with Gasteiger partial charge in [-0.05, 0) is 18.2 Å². The standard InChI is InChI=1S/C16H12ClN5O3/c17-13-6-5-12(22(24)25)7-11(13)8-19-20-16(23)9-21-10-18-14-3-1-2-4-15(14)21/h1-8,10H,9H2,(H,20,23)/b19-8+. The van der Waals surface area contributed by atoms with E-state index in [0.29, 0.717) is 10.6 Å². The number of nitro groups is 1. The second kappa shape index (κ2) is 7.10. The number of imidazole rings is 1. The second-order valence-electron chi connectivity index (χ2n) is 5.12. The normalized spacial score (nSPS) is 11.1. The fourth-order valence-electron chi connectivity index (χ4n) is 2.24. The maximum atomic E-state index is 12.0. The largest absolute Gasteiger partial charge is 0.321 e. The highest BCUT2D eigenvalue weighted by atomic mass is 35.5. The van der Waals surface area contributed by atoms with Crippen LogP contribution in [0.2, 0.25) is 5.02 Å². The van der Waals surface area contributed by atoms with E-state index in [9.17, 15) is 14.9 Å². The lowest BCUT2D eigenvalue weighted by atomic mass is 10.2. The number of rotatable bonds is 5. The van der Waals surface area contributed by atoms with Crippen LogP contribution in [0.15, 0.2) is 53.9 Å². The number of hydrogen-bond donors (Lipinski definition) is 1. The monoisotopic (exact) mass is 357 g/mol. The number of halogens is 1. The zero-order valence-electron chi connectivity index (χ0n) is 12.8. The summed E-state index contributed by atoms with van der Waals surface area (Å²) < 4.78 is 1.69. The van der Waals surface area contributed by atoms with Gasteiger partial charge in [0.1, 0.15) is 6.54 Å². The number of carbonyl (C=O) groups excluding carboxylic acids is 1. The highest BCUT2D eigenvalue weighted by Crippen LogP contribution is 2.20. The molecule has 8 nitrogen and oxygen atoms in total. The highest BCUT2D eigenvalue weighted by molar-refractivity contribution is 6.33. The van der Waals surface area contributed by atoms with Gasteiger partial charge in [0.25, 0.3) is 11.6 Å². The average Bonchev–Trinajstić information content (AvgIpc) is 2.99. The Morgan fingerprint density at radius 2 is 2.16 bits per heavy atom. The van der Waals surface area contributed by atoms with Crippen molar-refractivity contribution in [1.29, 1.82) is 0 Å². The van der Waals surface area contributed by atoms with Gasteiger partial charge in [0.05, 0.1) is 28.5 Å². The number of para-hydroxylation sites is 2. The molecule has 0 bridgehead atoms. The van der Waals surface area contributed by atoms with E-state index >= 15 is 0 Å². The highest BCUT2D eigenvalue weighted by Gasteiger charge is 2.09. The van der Waals surface area contributed by atoms with Crippen molar-refractivity contribution in [2.75, 3.05) is 0 Å². The number of nitrogens with zero attached hydrogens (tertiary/aromatic N) is 4. The summed E-state index contributed by atoms with van der Waals surface area (Å²) in [5, 5.41) is 14.9. The van der Waals surface area contributed by atoms with Crippen molar-refractivity contribution in [2.45, 2.75) is 6.54 Å². The summed E-state index contributed by atoms with van der Waals surface area (Å²) in [7, 11) is 0. The zero-order valence-corrected chi connectivity index (χ0v) is 13.6. The minimum atomic E-state index is -0.531. The summed E-state index contributed by atoms with van der Waals surface area (Å²) in [4.78, 5) is 26.4. The van der Waals surface area contributed by atoms with Crippen molar-refractivity contribution in [3.05, 3.63) is 69.5 Å². The van der Waals surface area contributed by atoms with Crippen LogP contribution in [0.5, 0.6) is 0 Å². The molecule has 0 aliphatic heterocycles. The number of aromatic nitrogens is 2. The summed E-state index contributed by atoms with van der Waals surface area (Å²) >= 11 is 5.96. The van der Waals surface area contributed by atoms with E-state index < -0.39 is 4.92 Å². The van der Waals surface area contributed by atoms with Gasteiger partial charge in [0.2, 0.25) is 0 Å². The fourth-order valence-corrected chi connectivity index (χ4v) is 2.41. The van der Waals surface area contributed by atoms with Crippen LogP contribution in [0.1, 0.15) is 5.56 Å². The molecule has 0 aliphatic rings. The molecule has 0 saturated heterocycles. The van der Waals surface area contributed by atoms with E-state index in [2.05, 4.69) is 15.5 Å². The molecule has 0 spiro atoms. The Labute approximate surface area is 146 Å². The average molecular weight is 358 g/mol. The van der Waals surface area contributed by atoms with Gasteiger partial charge in [-0.15, -0.1) is 0 Å². The van der Waals surface area contributed by atoms with Crippen molar-refractivity contribution in [3.63, 3.8) is 0 Å². The van der Waals surface area contributed by atoms with E-state index in [1.54, 1.807) is 10.9 Å². The van der Waals surface area contributed by atoms with Gasteiger partial charge >= 0.3 is 0 Å². The minimum Gasteiger partial charge on any atom is -0.321 e. The predicted molar refractivity (Wildman–Crippen MR) is 93.6 cm³/mol. The van der Waals surface area contributed by atoms with E-state index in [-0.39, 0.29) is 18.1 Å². The third kappa shape index (κ3) is 3.81. The van der Waals surface area contributed by atoms with Crippen LogP contribution in [0, 0.1) is 10.1 Å². The number of carbonyl (C=O) groups is 1. The molecule has 126 valence electrons. The maximum Gasteiger partial charge on any atom is 0.270 e. The number of benzene rings is 2. The van der Waals surface area contributed by atoms with E-state index in [1.165, 1.54) is 24.4 Å². The molecule has 1 aromatic heterocycles. The molecule has 1 N–H and O–H groups in total. The Hall–Kier alpha value is -3.26. The van der Waals surface area contributed by atoms with Crippen molar-refractivity contribution < 1.29 is 9.72 Å². The first-order valence-corrected chi connectivity index (χ1v) is 7.58. The first-order chi connectivity index (χ1) is 12.0. The van der Waals surface area contributed by atoms with Crippen LogP contribution in [0.25, 0.3) is 11.0 Å². The van der Waals surface area contributed by atoms with Gasteiger partial charge in [-0.1, -0.05) is 23.7 Å². The zero-order chi connectivity index (χ0) is 17.8. The lowest BCUT2D eigenvalue weighted by Crippen LogP contribution is -2.22. The number of hydrazone groups is 1. The van der Waals surface area contributed by atoms with E-state index in [0.717, 1.165) is 11.0 Å². The van der Waals surface area contributed by atoms with Gasteiger partial charge < -0.3 is 4.57 Å². The second-order valence-corrected chi connectivity index (χ2v) is 5.52. The molecule has 0 unspecified atom stereocenters. The Balaban J connectivity index is 1.67. The van der Waals surface area contributed by atoms with Gasteiger partial charge in [-0.2, -0.15) is 5.10 Å². The first-order valence-electron chi connectivity index (χ1n) is 7.20. The minimum absolute atomic E-state index is 0.0422. The molecule has 9 heteroatoms. The molecule has 25 heavy (non-hydrogen) atoms. The molecule has 0 saturated carbocycles. The Morgan fingerprint density at radius 1 is 1.36 bits per heavy atom. The van der Waals surface area contributed by atoms with Gasteiger partial charge in [0, 0.05) is 22.7 Å². The molecule has 2 aromatic carbocycles. The topological polar surface area (TPSA) is 102 Å². The Kier molecular flexibility index (Phi) is 4.71. The maximum absolute atomic E-state index is 12.0. The molecule has 0 fully saturated rings. The SMILES string of the molecule is O=C(Cn1cnc2ccccc21)N/N=C/c1cc([N+](=O)[O-])ccc1Cl. The fraction of sp³-hybridized carbons (Fsp3) is 0.0625. The van der Waals surface area contributed by atoms with E-state index in [1.807, 2.05) is 24.3 Å².